The average Bonchev–Trinajstić information content (AvgIpc) is 3.23. The number of aliphatic hydroxyl groups excluding tert-OH is 1. The molecule has 3 N–H and O–H groups in total. The second-order valence-corrected chi connectivity index (χ2v) is 6.21. The van der Waals surface area contributed by atoms with E-state index in [0.717, 1.165) is 37.1 Å². The fraction of sp³-hybridized carbons (Fsp3) is 0.562. The van der Waals surface area contributed by atoms with Crippen LogP contribution in [0, 0.1) is 12.8 Å². The minimum Gasteiger partial charge on any atom is -0.396 e. The maximum absolute atomic E-state index is 12.4. The van der Waals surface area contributed by atoms with E-state index >= 15 is 0 Å². The predicted octanol–water partition coefficient (Wildman–Crippen LogP) is 1.05. The summed E-state index contributed by atoms with van der Waals surface area (Å²) in [5.41, 5.74) is 2.40. The maximum Gasteiger partial charge on any atom is 0.268 e. The number of aromatic amines is 1. The van der Waals surface area contributed by atoms with Crippen molar-refractivity contribution >= 4 is 5.91 Å². The van der Waals surface area contributed by atoms with Gasteiger partial charge >= 0.3 is 0 Å². The van der Waals surface area contributed by atoms with E-state index in [4.69, 9.17) is 5.11 Å². The monoisotopic (exact) mass is 317 g/mol. The topological polar surface area (TPSA) is 95.8 Å². The molecule has 1 amide bonds. The number of nitrogens with one attached hydrogen (secondary N) is 2. The van der Waals surface area contributed by atoms with Gasteiger partial charge in [0.1, 0.15) is 5.69 Å². The Kier molecular flexibility index (Phi) is 4.76. The number of rotatable bonds is 6. The fourth-order valence-corrected chi connectivity index (χ4v) is 3.27. The Morgan fingerprint density at radius 3 is 3.13 bits per heavy atom. The van der Waals surface area contributed by atoms with Gasteiger partial charge in [-0.2, -0.15) is 0 Å². The molecule has 7 nitrogen and oxygen atoms in total. The number of carbonyl (C=O) groups excluding carboxylic acids is 1. The van der Waals surface area contributed by atoms with Crippen molar-refractivity contribution in [2.24, 2.45) is 5.92 Å². The first-order valence-electron chi connectivity index (χ1n) is 8.12. The summed E-state index contributed by atoms with van der Waals surface area (Å²) in [5.74, 6) is 0.321. The van der Waals surface area contributed by atoms with Crippen molar-refractivity contribution in [1.82, 2.24) is 25.3 Å². The maximum atomic E-state index is 12.4. The number of amides is 1. The van der Waals surface area contributed by atoms with Crippen LogP contribution in [0.5, 0.6) is 0 Å². The van der Waals surface area contributed by atoms with Crippen molar-refractivity contribution in [1.29, 1.82) is 0 Å². The Morgan fingerprint density at radius 1 is 1.52 bits per heavy atom. The highest BCUT2D eigenvalue weighted by Gasteiger charge is 2.30. The summed E-state index contributed by atoms with van der Waals surface area (Å²) in [6.07, 6.45) is 7.36. The normalized spacial score (nSPS) is 20.8. The first-order valence-corrected chi connectivity index (χ1v) is 8.12. The van der Waals surface area contributed by atoms with Crippen molar-refractivity contribution in [2.45, 2.75) is 45.2 Å². The highest BCUT2D eigenvalue weighted by atomic mass is 16.3. The summed E-state index contributed by atoms with van der Waals surface area (Å²) < 4.78 is 1.82. The predicted molar refractivity (Wildman–Crippen MR) is 84.9 cm³/mol. The molecule has 124 valence electrons. The largest absolute Gasteiger partial charge is 0.396 e. The second kappa shape index (κ2) is 6.95. The molecule has 0 aromatic carbocycles. The SMILES string of the molecule is Cc1cc[nH]c1C(=O)N[C@@H]1CCC[C@@H]1Cn1cc(CCO)nn1. The van der Waals surface area contributed by atoms with E-state index in [-0.39, 0.29) is 18.6 Å². The lowest BCUT2D eigenvalue weighted by molar-refractivity contribution is 0.0920. The second-order valence-electron chi connectivity index (χ2n) is 6.21. The molecule has 23 heavy (non-hydrogen) atoms. The van der Waals surface area contributed by atoms with Gasteiger partial charge in [0.05, 0.1) is 5.69 Å². The van der Waals surface area contributed by atoms with E-state index in [0.29, 0.717) is 18.0 Å². The highest BCUT2D eigenvalue weighted by Crippen LogP contribution is 2.27. The molecule has 0 saturated heterocycles. The van der Waals surface area contributed by atoms with Gasteiger partial charge < -0.3 is 15.4 Å². The van der Waals surface area contributed by atoms with Crippen molar-refractivity contribution < 1.29 is 9.90 Å². The number of nitrogens with zero attached hydrogens (tertiary/aromatic N) is 3. The van der Waals surface area contributed by atoms with E-state index in [1.165, 1.54) is 0 Å². The van der Waals surface area contributed by atoms with Crippen LogP contribution < -0.4 is 5.32 Å². The lowest BCUT2D eigenvalue weighted by Gasteiger charge is -2.20. The Labute approximate surface area is 135 Å². The van der Waals surface area contributed by atoms with Crippen LogP contribution in [-0.2, 0) is 13.0 Å². The van der Waals surface area contributed by atoms with Crippen LogP contribution in [0.3, 0.4) is 0 Å². The minimum absolute atomic E-state index is 0.0380. The van der Waals surface area contributed by atoms with Gasteiger partial charge in [-0.1, -0.05) is 11.6 Å². The average molecular weight is 317 g/mol. The molecule has 0 radical (unpaired) electrons. The van der Waals surface area contributed by atoms with Crippen molar-refractivity contribution in [2.75, 3.05) is 6.61 Å². The molecule has 0 unspecified atom stereocenters. The molecule has 2 heterocycles. The Bertz CT molecular complexity index is 663. The molecule has 1 saturated carbocycles. The molecule has 2 aromatic heterocycles. The quantitative estimate of drug-likeness (QED) is 0.742. The molecular weight excluding hydrogens is 294 g/mol. The van der Waals surface area contributed by atoms with E-state index in [2.05, 4.69) is 20.6 Å². The molecule has 1 fully saturated rings. The molecule has 0 bridgehead atoms. The van der Waals surface area contributed by atoms with Crippen molar-refractivity contribution in [3.63, 3.8) is 0 Å². The number of hydrogen-bond donors (Lipinski definition) is 3. The third-order valence-corrected chi connectivity index (χ3v) is 4.53. The van der Waals surface area contributed by atoms with Crippen LogP contribution in [0.4, 0.5) is 0 Å². The van der Waals surface area contributed by atoms with Gasteiger partial charge in [-0.25, -0.2) is 0 Å². The molecule has 3 rings (SSSR count). The van der Waals surface area contributed by atoms with E-state index < -0.39 is 0 Å². The Morgan fingerprint density at radius 2 is 2.39 bits per heavy atom. The summed E-state index contributed by atoms with van der Waals surface area (Å²) >= 11 is 0. The molecule has 7 heteroatoms. The number of carbonyl (C=O) groups is 1. The first-order chi connectivity index (χ1) is 11.2. The third-order valence-electron chi connectivity index (χ3n) is 4.53. The smallest absolute Gasteiger partial charge is 0.268 e. The van der Waals surface area contributed by atoms with Gasteiger partial charge in [-0.05, 0) is 37.3 Å². The van der Waals surface area contributed by atoms with Crippen LogP contribution in [0.25, 0.3) is 0 Å². The number of aromatic nitrogens is 4. The zero-order chi connectivity index (χ0) is 16.2. The van der Waals surface area contributed by atoms with Crippen LogP contribution in [0.2, 0.25) is 0 Å². The van der Waals surface area contributed by atoms with Crippen LogP contribution in [0.1, 0.15) is 41.0 Å². The molecule has 0 spiro atoms. The molecule has 2 aromatic rings. The Balaban J connectivity index is 1.61. The number of aryl methyl sites for hydroxylation is 1. The van der Waals surface area contributed by atoms with Crippen molar-refractivity contribution in [3.8, 4) is 0 Å². The summed E-state index contributed by atoms with van der Waals surface area (Å²) in [5, 5.41) is 20.3. The summed E-state index contributed by atoms with van der Waals surface area (Å²) in [7, 11) is 0. The van der Waals surface area contributed by atoms with Crippen molar-refractivity contribution in [3.05, 3.63) is 35.4 Å². The number of aliphatic hydroxyl groups is 1. The van der Waals surface area contributed by atoms with Gasteiger partial charge in [0, 0.05) is 38.0 Å². The molecular formula is C16H23N5O2. The lowest BCUT2D eigenvalue weighted by atomic mass is 10.0. The highest BCUT2D eigenvalue weighted by molar-refractivity contribution is 5.94. The van der Waals surface area contributed by atoms with E-state index in [1.54, 1.807) is 6.20 Å². The van der Waals surface area contributed by atoms with Crippen LogP contribution in [0.15, 0.2) is 18.5 Å². The molecule has 2 atom stereocenters. The Hall–Kier alpha value is -2.15. The third kappa shape index (κ3) is 3.61. The minimum atomic E-state index is -0.0380. The summed E-state index contributed by atoms with van der Waals surface area (Å²) in [6, 6.07) is 2.06. The summed E-state index contributed by atoms with van der Waals surface area (Å²) in [4.78, 5) is 15.4. The first kappa shape index (κ1) is 15.7. The molecule has 1 aliphatic carbocycles. The zero-order valence-corrected chi connectivity index (χ0v) is 13.3. The van der Waals surface area contributed by atoms with Crippen LogP contribution in [-0.4, -0.2) is 43.6 Å². The van der Waals surface area contributed by atoms with Gasteiger partial charge in [0.2, 0.25) is 0 Å². The van der Waals surface area contributed by atoms with E-state index in [1.807, 2.05) is 23.9 Å². The van der Waals surface area contributed by atoms with Gasteiger partial charge in [-0.15, -0.1) is 5.10 Å². The van der Waals surface area contributed by atoms with Gasteiger partial charge in [0.25, 0.3) is 5.91 Å². The standard InChI is InChI=1S/C16H23N5O2/c1-11-5-7-17-15(11)16(23)18-14-4-2-3-12(14)9-21-10-13(6-8-22)19-20-21/h5,7,10,12,14,17,22H,2-4,6,8-9H2,1H3,(H,18,23)/t12-,14-/m1/s1. The van der Waals surface area contributed by atoms with Crippen LogP contribution >= 0.6 is 0 Å². The fourth-order valence-electron chi connectivity index (χ4n) is 3.27. The molecule has 1 aliphatic rings. The summed E-state index contributed by atoms with van der Waals surface area (Å²) in [6.45, 7) is 2.75. The molecule has 0 aliphatic heterocycles. The number of H-pyrrole nitrogens is 1. The van der Waals surface area contributed by atoms with Gasteiger partial charge in [-0.3, -0.25) is 9.48 Å². The lowest BCUT2D eigenvalue weighted by Crippen LogP contribution is -2.39. The van der Waals surface area contributed by atoms with E-state index in [9.17, 15) is 4.79 Å². The zero-order valence-electron chi connectivity index (χ0n) is 13.3. The van der Waals surface area contributed by atoms with Gasteiger partial charge in [0.15, 0.2) is 0 Å². The number of hydrogen-bond acceptors (Lipinski definition) is 4.